The van der Waals surface area contributed by atoms with Gasteiger partial charge < -0.3 is 25.8 Å². The summed E-state index contributed by atoms with van der Waals surface area (Å²) in [5.41, 5.74) is 8.93. The molecule has 4 N–H and O–H groups in total. The van der Waals surface area contributed by atoms with Crippen LogP contribution in [0.15, 0.2) is 58.3 Å². The first-order valence-corrected chi connectivity index (χ1v) is 10.7. The minimum atomic E-state index is -4.42. The van der Waals surface area contributed by atoms with Gasteiger partial charge >= 0.3 is 6.18 Å². The number of halogens is 3. The number of nitrogens with one attached hydrogen (secondary N) is 2. The fourth-order valence-corrected chi connectivity index (χ4v) is 4.08. The Hall–Kier alpha value is -3.40. The SMILES string of the molecule is Cc1c(Sc2ccc(N)c(C=N)c2)cc(C(=O)NCc2cccc(OCC(F)(F)F)c2)n1C. The van der Waals surface area contributed by atoms with Crippen LogP contribution in [-0.2, 0) is 13.6 Å². The number of nitrogen functional groups attached to an aromatic ring is 1. The number of anilines is 1. The highest BCUT2D eigenvalue weighted by Crippen LogP contribution is 2.33. The predicted octanol–water partition coefficient (Wildman–Crippen LogP) is 4.94. The van der Waals surface area contributed by atoms with Gasteiger partial charge in [-0.05, 0) is 48.9 Å². The monoisotopic (exact) mass is 476 g/mol. The van der Waals surface area contributed by atoms with Crippen LogP contribution >= 0.6 is 11.8 Å². The van der Waals surface area contributed by atoms with Crippen LogP contribution < -0.4 is 15.8 Å². The molecule has 0 atom stereocenters. The van der Waals surface area contributed by atoms with Gasteiger partial charge in [-0.2, -0.15) is 13.2 Å². The van der Waals surface area contributed by atoms with E-state index in [0.29, 0.717) is 22.5 Å². The molecular weight excluding hydrogens is 453 g/mol. The summed E-state index contributed by atoms with van der Waals surface area (Å²) in [6.07, 6.45) is -3.23. The van der Waals surface area contributed by atoms with Crippen molar-refractivity contribution in [2.75, 3.05) is 12.3 Å². The summed E-state index contributed by atoms with van der Waals surface area (Å²) in [5, 5.41) is 10.2. The second kappa shape index (κ2) is 10.0. The van der Waals surface area contributed by atoms with Crippen molar-refractivity contribution < 1.29 is 22.7 Å². The molecule has 1 heterocycles. The Morgan fingerprint density at radius 1 is 1.24 bits per heavy atom. The van der Waals surface area contributed by atoms with Gasteiger partial charge in [-0.25, -0.2) is 0 Å². The van der Waals surface area contributed by atoms with Crippen LogP contribution in [0, 0.1) is 12.3 Å². The molecule has 3 rings (SSSR count). The lowest BCUT2D eigenvalue weighted by Gasteiger charge is -2.11. The molecule has 0 saturated carbocycles. The summed E-state index contributed by atoms with van der Waals surface area (Å²) in [5.74, 6) is -0.230. The van der Waals surface area contributed by atoms with Crippen molar-refractivity contribution in [2.45, 2.75) is 29.4 Å². The van der Waals surface area contributed by atoms with Crippen LogP contribution in [0.4, 0.5) is 18.9 Å². The molecule has 0 spiro atoms. The number of hydrogen-bond acceptors (Lipinski definition) is 5. The molecule has 3 aromatic rings. The molecule has 0 radical (unpaired) electrons. The molecule has 0 fully saturated rings. The quantitative estimate of drug-likeness (QED) is 0.317. The Morgan fingerprint density at radius 3 is 2.70 bits per heavy atom. The first-order valence-electron chi connectivity index (χ1n) is 9.88. The maximum atomic E-state index is 12.8. The molecule has 6 nitrogen and oxygen atoms in total. The van der Waals surface area contributed by atoms with E-state index in [9.17, 15) is 18.0 Å². The smallest absolute Gasteiger partial charge is 0.422 e. The molecule has 0 saturated heterocycles. The Morgan fingerprint density at radius 2 is 2.00 bits per heavy atom. The lowest BCUT2D eigenvalue weighted by Crippen LogP contribution is -2.25. The zero-order chi connectivity index (χ0) is 24.2. The third kappa shape index (κ3) is 6.32. The Labute approximate surface area is 193 Å². The highest BCUT2D eigenvalue weighted by molar-refractivity contribution is 7.99. The summed E-state index contributed by atoms with van der Waals surface area (Å²) >= 11 is 1.46. The number of carbonyl (C=O) groups is 1. The lowest BCUT2D eigenvalue weighted by molar-refractivity contribution is -0.153. The molecule has 2 aromatic carbocycles. The molecule has 0 aliphatic rings. The van der Waals surface area contributed by atoms with E-state index in [1.807, 2.05) is 19.1 Å². The topological polar surface area (TPSA) is 93.1 Å². The Bertz CT molecular complexity index is 1170. The van der Waals surface area contributed by atoms with E-state index in [1.165, 1.54) is 30.1 Å². The molecule has 174 valence electrons. The number of benzene rings is 2. The number of alkyl halides is 3. The van der Waals surface area contributed by atoms with Gasteiger partial charge in [0.1, 0.15) is 11.4 Å². The molecule has 0 unspecified atom stereocenters. The number of hydrogen-bond donors (Lipinski definition) is 3. The Kier molecular flexibility index (Phi) is 7.37. The first-order chi connectivity index (χ1) is 15.6. The fourth-order valence-electron chi connectivity index (χ4n) is 3.04. The van der Waals surface area contributed by atoms with E-state index < -0.39 is 12.8 Å². The summed E-state index contributed by atoms with van der Waals surface area (Å²) in [6, 6.07) is 13.3. The molecule has 0 bridgehead atoms. The average molecular weight is 477 g/mol. The molecule has 0 aliphatic carbocycles. The van der Waals surface area contributed by atoms with Crippen LogP contribution in [-0.4, -0.2) is 29.5 Å². The van der Waals surface area contributed by atoms with Crippen LogP contribution in [0.2, 0.25) is 0 Å². The fraction of sp³-hybridized carbons (Fsp3) is 0.217. The van der Waals surface area contributed by atoms with Gasteiger partial charge in [0.05, 0.1) is 0 Å². The van der Waals surface area contributed by atoms with Crippen molar-refractivity contribution in [3.8, 4) is 5.75 Å². The van der Waals surface area contributed by atoms with Crippen molar-refractivity contribution in [1.82, 2.24) is 9.88 Å². The molecular formula is C23H23F3N4O2S. The molecule has 10 heteroatoms. The number of carbonyl (C=O) groups excluding carboxylic acids is 1. The van der Waals surface area contributed by atoms with Crippen LogP contribution in [0.1, 0.15) is 27.3 Å². The Balaban J connectivity index is 1.68. The number of ether oxygens (including phenoxy) is 1. The number of rotatable bonds is 8. The summed E-state index contributed by atoms with van der Waals surface area (Å²) < 4.78 is 43.6. The van der Waals surface area contributed by atoms with Crippen molar-refractivity contribution in [2.24, 2.45) is 7.05 Å². The molecule has 0 aliphatic heterocycles. The zero-order valence-electron chi connectivity index (χ0n) is 18.0. The largest absolute Gasteiger partial charge is 0.484 e. The van der Waals surface area contributed by atoms with E-state index in [-0.39, 0.29) is 18.2 Å². The van der Waals surface area contributed by atoms with Gasteiger partial charge in [0, 0.05) is 46.5 Å². The lowest BCUT2D eigenvalue weighted by atomic mass is 10.2. The maximum Gasteiger partial charge on any atom is 0.422 e. The van der Waals surface area contributed by atoms with Crippen LogP contribution in [0.5, 0.6) is 5.75 Å². The summed E-state index contributed by atoms with van der Waals surface area (Å²) in [7, 11) is 1.78. The molecule has 33 heavy (non-hydrogen) atoms. The van der Waals surface area contributed by atoms with Gasteiger partial charge in [-0.15, -0.1) is 0 Å². The van der Waals surface area contributed by atoms with Gasteiger partial charge in [0.2, 0.25) is 0 Å². The van der Waals surface area contributed by atoms with Crippen molar-refractivity contribution in [3.63, 3.8) is 0 Å². The molecule has 1 amide bonds. The third-order valence-electron chi connectivity index (χ3n) is 4.92. The van der Waals surface area contributed by atoms with E-state index in [2.05, 4.69) is 5.32 Å². The predicted molar refractivity (Wildman–Crippen MR) is 122 cm³/mol. The van der Waals surface area contributed by atoms with Gasteiger partial charge in [-0.1, -0.05) is 23.9 Å². The van der Waals surface area contributed by atoms with E-state index in [4.69, 9.17) is 15.9 Å². The number of nitrogens with zero attached hydrogens (tertiary/aromatic N) is 1. The summed E-state index contributed by atoms with van der Waals surface area (Å²) in [4.78, 5) is 14.5. The normalized spacial score (nSPS) is 11.3. The van der Waals surface area contributed by atoms with Gasteiger partial charge in [-0.3, -0.25) is 4.79 Å². The highest BCUT2D eigenvalue weighted by atomic mass is 32.2. The maximum absolute atomic E-state index is 12.8. The standard InChI is InChI=1S/C23H23F3N4O2S/c1-14-21(33-18-6-7-19(28)16(9-18)11-27)10-20(30(14)2)22(31)29-12-15-4-3-5-17(8-15)32-13-23(24,25)26/h3-11,27H,12-13,28H2,1-2H3,(H,29,31). The molecule has 1 aromatic heterocycles. The number of amides is 1. The van der Waals surface area contributed by atoms with Crippen molar-refractivity contribution in [3.05, 3.63) is 71.0 Å². The average Bonchev–Trinajstić information content (AvgIpc) is 3.05. The highest BCUT2D eigenvalue weighted by Gasteiger charge is 2.28. The van der Waals surface area contributed by atoms with E-state index in [0.717, 1.165) is 15.5 Å². The van der Waals surface area contributed by atoms with E-state index >= 15 is 0 Å². The second-order valence-corrected chi connectivity index (χ2v) is 8.42. The second-order valence-electron chi connectivity index (χ2n) is 7.31. The van der Waals surface area contributed by atoms with Crippen LogP contribution in [0.25, 0.3) is 0 Å². The number of aromatic nitrogens is 1. The van der Waals surface area contributed by atoms with Crippen LogP contribution in [0.3, 0.4) is 0 Å². The minimum Gasteiger partial charge on any atom is -0.484 e. The summed E-state index contributed by atoms with van der Waals surface area (Å²) in [6.45, 7) is 0.659. The van der Waals surface area contributed by atoms with E-state index in [1.54, 1.807) is 35.9 Å². The third-order valence-corrected chi connectivity index (χ3v) is 6.04. The zero-order valence-corrected chi connectivity index (χ0v) is 18.8. The van der Waals surface area contributed by atoms with Gasteiger partial charge in [0.25, 0.3) is 5.91 Å². The van der Waals surface area contributed by atoms with Crippen molar-refractivity contribution in [1.29, 1.82) is 5.41 Å². The van der Waals surface area contributed by atoms with Crippen molar-refractivity contribution >= 4 is 29.6 Å². The first kappa shape index (κ1) is 24.2. The number of nitrogens with two attached hydrogens (primary N) is 1. The van der Waals surface area contributed by atoms with Gasteiger partial charge in [0.15, 0.2) is 6.61 Å². The minimum absolute atomic E-state index is 0.0836.